The van der Waals surface area contributed by atoms with Crippen molar-refractivity contribution >= 4 is 11.7 Å². The van der Waals surface area contributed by atoms with E-state index < -0.39 is 11.5 Å². The monoisotopic (exact) mass is 242 g/mol. The van der Waals surface area contributed by atoms with Gasteiger partial charge in [-0.2, -0.15) is 0 Å². The lowest BCUT2D eigenvalue weighted by Crippen LogP contribution is -2.40. The Hall–Kier alpha value is -2.36. The van der Waals surface area contributed by atoms with E-state index in [1.807, 2.05) is 30.3 Å². The highest BCUT2D eigenvalue weighted by atomic mass is 16.4. The standard InChI is InChI=1S/C14H14N2O2/c1-14(13(17)18,11-7-9-15-10-8-11)16-12-5-3-2-4-6-12/h2-10,16H,1H3,(H,17,18). The minimum absolute atomic E-state index is 0.661. The maximum Gasteiger partial charge on any atom is 0.333 e. The van der Waals surface area contributed by atoms with Gasteiger partial charge in [-0.05, 0) is 36.8 Å². The molecule has 1 heterocycles. The van der Waals surface area contributed by atoms with Gasteiger partial charge in [0.05, 0.1) is 0 Å². The van der Waals surface area contributed by atoms with Crippen LogP contribution in [0.3, 0.4) is 0 Å². The third-order valence-corrected chi connectivity index (χ3v) is 2.85. The lowest BCUT2D eigenvalue weighted by atomic mass is 9.92. The van der Waals surface area contributed by atoms with Crippen molar-refractivity contribution in [1.29, 1.82) is 0 Å². The second-order valence-corrected chi connectivity index (χ2v) is 4.16. The summed E-state index contributed by atoms with van der Waals surface area (Å²) in [7, 11) is 0. The van der Waals surface area contributed by atoms with Gasteiger partial charge in [-0.25, -0.2) is 4.79 Å². The number of pyridine rings is 1. The summed E-state index contributed by atoms with van der Waals surface area (Å²) in [6.07, 6.45) is 3.17. The maximum atomic E-state index is 11.5. The van der Waals surface area contributed by atoms with E-state index >= 15 is 0 Å². The van der Waals surface area contributed by atoms with Crippen molar-refractivity contribution in [3.8, 4) is 0 Å². The molecule has 0 radical (unpaired) electrons. The van der Waals surface area contributed by atoms with Crippen molar-refractivity contribution in [2.75, 3.05) is 5.32 Å². The smallest absolute Gasteiger partial charge is 0.333 e. The minimum Gasteiger partial charge on any atom is -0.479 e. The molecule has 2 rings (SSSR count). The Labute approximate surface area is 105 Å². The molecule has 0 amide bonds. The Bertz CT molecular complexity index is 528. The predicted molar refractivity (Wildman–Crippen MR) is 69.3 cm³/mol. The number of benzene rings is 1. The number of carboxylic acids is 1. The lowest BCUT2D eigenvalue weighted by molar-refractivity contribution is -0.142. The van der Waals surface area contributed by atoms with Gasteiger partial charge < -0.3 is 10.4 Å². The average Bonchev–Trinajstić information content (AvgIpc) is 2.40. The first-order valence-corrected chi connectivity index (χ1v) is 5.60. The highest BCUT2D eigenvalue weighted by Crippen LogP contribution is 2.25. The normalized spacial score (nSPS) is 13.6. The van der Waals surface area contributed by atoms with Crippen LogP contribution < -0.4 is 5.32 Å². The van der Waals surface area contributed by atoms with E-state index in [9.17, 15) is 9.90 Å². The van der Waals surface area contributed by atoms with Crippen LogP contribution in [-0.2, 0) is 10.3 Å². The number of nitrogens with zero attached hydrogens (tertiary/aromatic N) is 1. The van der Waals surface area contributed by atoms with Crippen molar-refractivity contribution in [1.82, 2.24) is 4.98 Å². The first-order valence-electron chi connectivity index (χ1n) is 5.60. The number of para-hydroxylation sites is 1. The van der Waals surface area contributed by atoms with Crippen molar-refractivity contribution < 1.29 is 9.90 Å². The lowest BCUT2D eigenvalue weighted by Gasteiger charge is -2.27. The maximum absolute atomic E-state index is 11.5. The molecule has 1 atom stereocenters. The quantitative estimate of drug-likeness (QED) is 0.864. The SMILES string of the molecule is CC(Nc1ccccc1)(C(=O)O)c1ccncc1. The van der Waals surface area contributed by atoms with Crippen molar-refractivity contribution in [2.24, 2.45) is 0 Å². The molecule has 0 aliphatic rings. The molecule has 1 aromatic carbocycles. The molecular weight excluding hydrogens is 228 g/mol. The molecule has 0 fully saturated rings. The second kappa shape index (κ2) is 4.87. The van der Waals surface area contributed by atoms with Gasteiger partial charge in [-0.1, -0.05) is 18.2 Å². The second-order valence-electron chi connectivity index (χ2n) is 4.16. The largest absolute Gasteiger partial charge is 0.479 e. The van der Waals surface area contributed by atoms with Crippen LogP contribution in [0.15, 0.2) is 54.9 Å². The number of carbonyl (C=O) groups is 1. The van der Waals surface area contributed by atoms with Crippen LogP contribution in [0.25, 0.3) is 0 Å². The van der Waals surface area contributed by atoms with Gasteiger partial charge in [-0.15, -0.1) is 0 Å². The van der Waals surface area contributed by atoms with Gasteiger partial charge in [0.2, 0.25) is 0 Å². The van der Waals surface area contributed by atoms with E-state index in [4.69, 9.17) is 0 Å². The number of rotatable bonds is 4. The first-order chi connectivity index (χ1) is 8.63. The number of aromatic nitrogens is 1. The van der Waals surface area contributed by atoms with E-state index in [1.54, 1.807) is 31.5 Å². The Balaban J connectivity index is 2.37. The Morgan fingerprint density at radius 2 is 1.78 bits per heavy atom. The number of carboxylic acid groups (broad SMARTS) is 1. The molecule has 1 unspecified atom stereocenters. The summed E-state index contributed by atoms with van der Waals surface area (Å²) in [5.74, 6) is -0.933. The molecule has 0 saturated carbocycles. The molecule has 18 heavy (non-hydrogen) atoms. The summed E-state index contributed by atoms with van der Waals surface area (Å²) >= 11 is 0. The van der Waals surface area contributed by atoms with Crippen LogP contribution in [0, 0.1) is 0 Å². The summed E-state index contributed by atoms with van der Waals surface area (Å²) < 4.78 is 0. The van der Waals surface area contributed by atoms with E-state index in [-0.39, 0.29) is 0 Å². The summed E-state index contributed by atoms with van der Waals surface area (Å²) in [5.41, 5.74) is 0.248. The zero-order valence-electron chi connectivity index (χ0n) is 10.00. The molecule has 0 aliphatic heterocycles. The van der Waals surface area contributed by atoms with E-state index in [2.05, 4.69) is 10.3 Å². The summed E-state index contributed by atoms with van der Waals surface area (Å²) in [5, 5.41) is 12.5. The van der Waals surface area contributed by atoms with E-state index in [0.717, 1.165) is 5.69 Å². The van der Waals surface area contributed by atoms with Gasteiger partial charge in [0, 0.05) is 18.1 Å². The third-order valence-electron chi connectivity index (χ3n) is 2.85. The van der Waals surface area contributed by atoms with Crippen LogP contribution in [0.1, 0.15) is 12.5 Å². The molecular formula is C14H14N2O2. The van der Waals surface area contributed by atoms with Gasteiger partial charge in [0.25, 0.3) is 0 Å². The van der Waals surface area contributed by atoms with Gasteiger partial charge in [-0.3, -0.25) is 4.98 Å². The van der Waals surface area contributed by atoms with E-state index in [1.165, 1.54) is 0 Å². The molecule has 0 saturated heterocycles. The molecule has 4 heteroatoms. The molecule has 4 nitrogen and oxygen atoms in total. The molecule has 92 valence electrons. The van der Waals surface area contributed by atoms with Gasteiger partial charge in [0.1, 0.15) is 0 Å². The van der Waals surface area contributed by atoms with Gasteiger partial charge in [0.15, 0.2) is 5.54 Å². The van der Waals surface area contributed by atoms with Crippen molar-refractivity contribution in [2.45, 2.75) is 12.5 Å². The Morgan fingerprint density at radius 1 is 1.17 bits per heavy atom. The number of hydrogen-bond acceptors (Lipinski definition) is 3. The van der Waals surface area contributed by atoms with Crippen LogP contribution >= 0.6 is 0 Å². The topological polar surface area (TPSA) is 62.2 Å². The predicted octanol–water partition coefficient (Wildman–Crippen LogP) is 2.49. The number of aliphatic carboxylic acids is 1. The highest BCUT2D eigenvalue weighted by Gasteiger charge is 2.35. The fourth-order valence-corrected chi connectivity index (χ4v) is 1.74. The van der Waals surface area contributed by atoms with Crippen molar-refractivity contribution in [3.05, 3.63) is 60.4 Å². The summed E-state index contributed by atoms with van der Waals surface area (Å²) in [4.78, 5) is 15.4. The molecule has 0 bridgehead atoms. The molecule has 2 N–H and O–H groups in total. The van der Waals surface area contributed by atoms with Crippen LogP contribution in [0.2, 0.25) is 0 Å². The van der Waals surface area contributed by atoms with Crippen LogP contribution in [0.5, 0.6) is 0 Å². The molecule has 1 aromatic heterocycles. The Kier molecular flexibility index (Phi) is 3.28. The Morgan fingerprint density at radius 3 is 2.33 bits per heavy atom. The highest BCUT2D eigenvalue weighted by molar-refractivity contribution is 5.84. The fourth-order valence-electron chi connectivity index (χ4n) is 1.74. The van der Waals surface area contributed by atoms with Crippen molar-refractivity contribution in [3.63, 3.8) is 0 Å². The number of nitrogens with one attached hydrogen (secondary N) is 1. The zero-order valence-corrected chi connectivity index (χ0v) is 10.00. The van der Waals surface area contributed by atoms with E-state index in [0.29, 0.717) is 5.56 Å². The minimum atomic E-state index is -1.18. The fraction of sp³-hybridized carbons (Fsp3) is 0.143. The first kappa shape index (κ1) is 12.1. The number of anilines is 1. The molecule has 0 aliphatic carbocycles. The molecule has 2 aromatic rings. The van der Waals surface area contributed by atoms with Crippen LogP contribution in [-0.4, -0.2) is 16.1 Å². The average molecular weight is 242 g/mol. The third kappa shape index (κ3) is 2.32. The van der Waals surface area contributed by atoms with Crippen LogP contribution in [0.4, 0.5) is 5.69 Å². The summed E-state index contributed by atoms with van der Waals surface area (Å²) in [6.45, 7) is 1.64. The zero-order chi connectivity index (χ0) is 13.0. The number of hydrogen-bond donors (Lipinski definition) is 2. The molecule has 0 spiro atoms. The summed E-state index contributed by atoms with van der Waals surface area (Å²) in [6, 6.07) is 12.7. The van der Waals surface area contributed by atoms with Gasteiger partial charge >= 0.3 is 5.97 Å².